The number of carbonyl (C=O) groups is 6. The monoisotopic (exact) mass is 434 g/mol. The third kappa shape index (κ3) is 17.0. The van der Waals surface area contributed by atoms with Gasteiger partial charge < -0.3 is 29.5 Å². The van der Waals surface area contributed by atoms with Gasteiger partial charge in [0.1, 0.15) is 13.2 Å². The van der Waals surface area contributed by atoms with E-state index in [0.717, 1.165) is 0 Å². The lowest BCUT2D eigenvalue weighted by Gasteiger charge is -2.18. The topological polar surface area (TPSA) is 191 Å². The van der Waals surface area contributed by atoms with E-state index in [1.807, 2.05) is 0 Å². The number of rotatable bonds is 17. The van der Waals surface area contributed by atoms with Crippen LogP contribution in [0.4, 0.5) is 0 Å². The average Bonchev–Trinajstić information content (AvgIpc) is 2.63. The van der Waals surface area contributed by atoms with Gasteiger partial charge in [0.05, 0.1) is 0 Å². The summed E-state index contributed by atoms with van der Waals surface area (Å²) in [4.78, 5) is 66.4. The molecule has 0 amide bonds. The Morgan fingerprint density at radius 2 is 0.867 bits per heavy atom. The predicted molar refractivity (Wildman–Crippen MR) is 96.3 cm³/mol. The van der Waals surface area contributed by atoms with Crippen LogP contribution in [-0.2, 0) is 43.0 Å². The summed E-state index contributed by atoms with van der Waals surface area (Å²) >= 11 is 0. The molecule has 12 nitrogen and oxygen atoms in total. The molecular weight excluding hydrogens is 408 g/mol. The van der Waals surface area contributed by atoms with Crippen LogP contribution >= 0.6 is 0 Å². The van der Waals surface area contributed by atoms with Gasteiger partial charge in [0.25, 0.3) is 0 Å². The molecule has 0 spiro atoms. The lowest BCUT2D eigenvalue weighted by molar-refractivity contribution is -0.167. The van der Waals surface area contributed by atoms with Gasteiger partial charge in [0.2, 0.25) is 0 Å². The van der Waals surface area contributed by atoms with Gasteiger partial charge >= 0.3 is 35.8 Å². The molecule has 30 heavy (non-hydrogen) atoms. The predicted octanol–water partition coefficient (Wildman–Crippen LogP) is 0.749. The van der Waals surface area contributed by atoms with Gasteiger partial charge in [-0.1, -0.05) is 0 Å². The number of hydrogen-bond acceptors (Lipinski definition) is 9. The van der Waals surface area contributed by atoms with Crippen LogP contribution < -0.4 is 0 Å². The first-order chi connectivity index (χ1) is 14.1. The Balaban J connectivity index is 4.51. The van der Waals surface area contributed by atoms with E-state index in [-0.39, 0.29) is 57.8 Å². The normalized spacial score (nSPS) is 10.3. The molecule has 0 rings (SSSR count). The second-order valence-electron chi connectivity index (χ2n) is 6.22. The lowest BCUT2D eigenvalue weighted by Crippen LogP contribution is -2.31. The van der Waals surface area contributed by atoms with Crippen LogP contribution in [0.3, 0.4) is 0 Å². The minimum absolute atomic E-state index is 0.0326. The molecule has 0 radical (unpaired) electrons. The van der Waals surface area contributed by atoms with Crippen LogP contribution in [0.25, 0.3) is 0 Å². The zero-order valence-electron chi connectivity index (χ0n) is 16.4. The van der Waals surface area contributed by atoms with Gasteiger partial charge in [-0.3, -0.25) is 28.8 Å². The quantitative estimate of drug-likeness (QED) is 0.215. The highest BCUT2D eigenvalue weighted by Crippen LogP contribution is 2.06. The van der Waals surface area contributed by atoms with E-state index in [4.69, 9.17) is 29.5 Å². The number of carboxylic acid groups (broad SMARTS) is 3. The first kappa shape index (κ1) is 26.8. The Kier molecular flexibility index (Phi) is 14.0. The van der Waals surface area contributed by atoms with E-state index >= 15 is 0 Å². The van der Waals surface area contributed by atoms with E-state index in [1.165, 1.54) is 0 Å². The lowest BCUT2D eigenvalue weighted by atomic mass is 10.2. The largest absolute Gasteiger partial charge is 0.481 e. The second-order valence-corrected chi connectivity index (χ2v) is 6.22. The van der Waals surface area contributed by atoms with Crippen molar-refractivity contribution in [2.24, 2.45) is 0 Å². The van der Waals surface area contributed by atoms with Crippen molar-refractivity contribution >= 4 is 35.8 Å². The third-order valence-electron chi connectivity index (χ3n) is 3.47. The van der Waals surface area contributed by atoms with Crippen molar-refractivity contribution in [1.29, 1.82) is 0 Å². The fourth-order valence-electron chi connectivity index (χ4n) is 2.03. The maximum absolute atomic E-state index is 11.8. The molecule has 0 unspecified atom stereocenters. The fraction of sp³-hybridized carbons (Fsp3) is 0.667. The Hall–Kier alpha value is -3.18. The molecule has 0 aliphatic heterocycles. The van der Waals surface area contributed by atoms with Crippen LogP contribution in [0, 0.1) is 0 Å². The third-order valence-corrected chi connectivity index (χ3v) is 3.47. The Morgan fingerprint density at radius 1 is 0.533 bits per heavy atom. The average molecular weight is 434 g/mol. The van der Waals surface area contributed by atoms with Crippen molar-refractivity contribution in [3.8, 4) is 0 Å². The first-order valence-electron chi connectivity index (χ1n) is 9.26. The van der Waals surface area contributed by atoms with Gasteiger partial charge in [0, 0.05) is 38.5 Å². The molecule has 0 atom stereocenters. The minimum atomic E-state index is -1.14. The summed E-state index contributed by atoms with van der Waals surface area (Å²) in [5.74, 6) is -5.43. The number of hydrogen-bond donors (Lipinski definition) is 3. The second kappa shape index (κ2) is 15.7. The smallest absolute Gasteiger partial charge is 0.306 e. The van der Waals surface area contributed by atoms with E-state index in [9.17, 15) is 28.8 Å². The van der Waals surface area contributed by atoms with Crippen molar-refractivity contribution in [2.75, 3.05) is 13.2 Å². The summed E-state index contributed by atoms with van der Waals surface area (Å²) < 4.78 is 14.8. The molecule has 0 fully saturated rings. The van der Waals surface area contributed by atoms with Crippen molar-refractivity contribution in [1.82, 2.24) is 0 Å². The SMILES string of the molecule is O=C(O)CCCC(=O)OCC(COC(=O)CCCC(=O)O)OC(=O)CCCC(=O)O. The maximum Gasteiger partial charge on any atom is 0.306 e. The molecule has 170 valence electrons. The summed E-state index contributed by atoms with van der Waals surface area (Å²) in [5, 5.41) is 25.6. The number of carbonyl (C=O) groups excluding carboxylic acids is 3. The van der Waals surface area contributed by atoms with E-state index in [0.29, 0.717) is 0 Å². The van der Waals surface area contributed by atoms with E-state index in [1.54, 1.807) is 0 Å². The summed E-state index contributed by atoms with van der Waals surface area (Å²) in [6, 6.07) is 0. The molecule has 0 aromatic rings. The van der Waals surface area contributed by atoms with Crippen LogP contribution in [0.5, 0.6) is 0 Å². The molecule has 0 bridgehead atoms. The first-order valence-corrected chi connectivity index (χ1v) is 9.26. The molecule has 0 saturated heterocycles. The molecule has 0 saturated carbocycles. The highest BCUT2D eigenvalue weighted by atomic mass is 16.6. The van der Waals surface area contributed by atoms with Crippen LogP contribution in [-0.4, -0.2) is 70.5 Å². The Bertz CT molecular complexity index is 576. The molecule has 0 aliphatic carbocycles. The highest BCUT2D eigenvalue weighted by molar-refractivity contribution is 5.73. The highest BCUT2D eigenvalue weighted by Gasteiger charge is 2.20. The maximum atomic E-state index is 11.8. The van der Waals surface area contributed by atoms with Crippen molar-refractivity contribution in [3.63, 3.8) is 0 Å². The molecule has 12 heteroatoms. The van der Waals surface area contributed by atoms with Crippen LogP contribution in [0.1, 0.15) is 57.8 Å². The number of aliphatic carboxylic acids is 3. The van der Waals surface area contributed by atoms with Crippen molar-refractivity contribution in [3.05, 3.63) is 0 Å². The number of ether oxygens (including phenoxy) is 3. The van der Waals surface area contributed by atoms with Crippen LogP contribution in [0.2, 0.25) is 0 Å². The zero-order valence-corrected chi connectivity index (χ0v) is 16.4. The molecule has 3 N–H and O–H groups in total. The molecule has 0 aromatic heterocycles. The Morgan fingerprint density at radius 3 is 1.20 bits per heavy atom. The fourth-order valence-corrected chi connectivity index (χ4v) is 2.03. The van der Waals surface area contributed by atoms with Crippen molar-refractivity contribution < 1.29 is 58.3 Å². The van der Waals surface area contributed by atoms with E-state index < -0.39 is 55.1 Å². The Labute approximate surface area is 172 Å². The molecule has 0 heterocycles. The van der Waals surface area contributed by atoms with Gasteiger partial charge in [-0.25, -0.2) is 0 Å². The van der Waals surface area contributed by atoms with Crippen LogP contribution in [0.15, 0.2) is 0 Å². The van der Waals surface area contributed by atoms with Crippen molar-refractivity contribution in [2.45, 2.75) is 63.9 Å². The number of carboxylic acids is 3. The number of esters is 3. The summed E-state index contributed by atoms with van der Waals surface area (Å²) in [6.07, 6.45) is -2.20. The summed E-state index contributed by atoms with van der Waals surface area (Å²) in [7, 11) is 0. The van der Waals surface area contributed by atoms with E-state index in [2.05, 4.69) is 0 Å². The zero-order chi connectivity index (χ0) is 22.9. The molecule has 0 aromatic carbocycles. The van der Waals surface area contributed by atoms with Gasteiger partial charge in [-0.15, -0.1) is 0 Å². The molecular formula is C18H26O12. The summed E-state index contributed by atoms with van der Waals surface area (Å²) in [6.45, 7) is -0.891. The minimum Gasteiger partial charge on any atom is -0.481 e. The molecule has 0 aliphatic rings. The van der Waals surface area contributed by atoms with Gasteiger partial charge in [-0.2, -0.15) is 0 Å². The van der Waals surface area contributed by atoms with Gasteiger partial charge in [0.15, 0.2) is 6.10 Å². The standard InChI is InChI=1S/C18H26O12/c19-13(20)4-1-7-16(25)28-10-12(30-18(27)9-3-6-15(23)24)11-29-17(26)8-2-5-14(21)22/h12H,1-11H2,(H,19,20)(H,21,22)(H,23,24). The summed E-state index contributed by atoms with van der Waals surface area (Å²) in [5.41, 5.74) is 0. The van der Waals surface area contributed by atoms with Gasteiger partial charge in [-0.05, 0) is 19.3 Å².